The zero-order chi connectivity index (χ0) is 12.6. The largest absolute Gasteiger partial charge is 0.385 e. The first kappa shape index (κ1) is 11.6. The molecule has 0 aliphatic heterocycles. The van der Waals surface area contributed by atoms with Gasteiger partial charge in [-0.05, 0) is 49.4 Å². The second-order valence-corrected chi connectivity index (χ2v) is 5.28. The summed E-state index contributed by atoms with van der Waals surface area (Å²) in [4.78, 5) is 4.30. The van der Waals surface area contributed by atoms with Crippen LogP contribution >= 0.6 is 0 Å². The highest BCUT2D eigenvalue weighted by molar-refractivity contribution is 5.79. The van der Waals surface area contributed by atoms with Crippen LogP contribution < -0.4 is 5.73 Å². The van der Waals surface area contributed by atoms with Crippen LogP contribution in [0.1, 0.15) is 31.2 Å². The maximum absolute atomic E-state index is 10.7. The normalized spacial score (nSPS) is 28.4. The Bertz CT molecular complexity index is 559. The van der Waals surface area contributed by atoms with Crippen molar-refractivity contribution in [3.63, 3.8) is 0 Å². The highest BCUT2D eigenvalue weighted by Crippen LogP contribution is 2.37. The van der Waals surface area contributed by atoms with Crippen LogP contribution in [-0.4, -0.2) is 16.1 Å². The summed E-state index contributed by atoms with van der Waals surface area (Å²) >= 11 is 0. The minimum atomic E-state index is -0.708. The number of pyridine rings is 1. The fraction of sp³-hybridized carbons (Fsp3) is 0.400. The van der Waals surface area contributed by atoms with Crippen LogP contribution in [0.5, 0.6) is 0 Å². The molecule has 18 heavy (non-hydrogen) atoms. The average Bonchev–Trinajstić information content (AvgIpc) is 2.42. The molecule has 0 radical (unpaired) electrons. The van der Waals surface area contributed by atoms with E-state index in [9.17, 15) is 5.11 Å². The molecular formula is C15H18N2O. The number of fused-ring (bicyclic) bond motifs is 1. The molecule has 0 unspecified atom stereocenters. The summed E-state index contributed by atoms with van der Waals surface area (Å²) in [6.07, 6.45) is 5.07. The van der Waals surface area contributed by atoms with Crippen molar-refractivity contribution in [1.82, 2.24) is 4.98 Å². The van der Waals surface area contributed by atoms with Gasteiger partial charge in [-0.3, -0.25) is 4.98 Å². The van der Waals surface area contributed by atoms with Crippen molar-refractivity contribution >= 4 is 10.9 Å². The van der Waals surface area contributed by atoms with Crippen molar-refractivity contribution in [2.75, 3.05) is 0 Å². The van der Waals surface area contributed by atoms with E-state index in [2.05, 4.69) is 11.1 Å². The predicted octanol–water partition coefficient (Wildman–Crippen LogP) is 2.32. The molecule has 1 saturated carbocycles. The Hall–Kier alpha value is -1.45. The van der Waals surface area contributed by atoms with Crippen LogP contribution in [-0.2, 0) is 5.60 Å². The van der Waals surface area contributed by atoms with E-state index in [1.54, 1.807) is 6.20 Å². The SMILES string of the molecule is NC1CCC(O)(c2ccc3ncccc3c2)CC1. The van der Waals surface area contributed by atoms with Crippen LogP contribution in [0, 0.1) is 0 Å². The number of rotatable bonds is 1. The molecule has 0 bridgehead atoms. The van der Waals surface area contributed by atoms with E-state index in [-0.39, 0.29) is 6.04 Å². The third-order valence-corrected chi connectivity index (χ3v) is 4.00. The van der Waals surface area contributed by atoms with Crippen LogP contribution in [0.2, 0.25) is 0 Å². The Morgan fingerprint density at radius 2 is 2.00 bits per heavy atom. The lowest BCUT2D eigenvalue weighted by Crippen LogP contribution is -2.36. The molecule has 3 nitrogen and oxygen atoms in total. The van der Waals surface area contributed by atoms with Crippen molar-refractivity contribution in [3.05, 3.63) is 42.1 Å². The van der Waals surface area contributed by atoms with Gasteiger partial charge in [0.05, 0.1) is 11.1 Å². The van der Waals surface area contributed by atoms with Crippen molar-refractivity contribution in [3.8, 4) is 0 Å². The van der Waals surface area contributed by atoms with Gasteiger partial charge in [-0.25, -0.2) is 0 Å². The molecule has 3 rings (SSSR count). The Morgan fingerprint density at radius 1 is 1.22 bits per heavy atom. The number of nitrogens with two attached hydrogens (primary N) is 1. The fourth-order valence-electron chi connectivity index (χ4n) is 2.77. The first-order valence-corrected chi connectivity index (χ1v) is 6.51. The number of nitrogens with zero attached hydrogens (tertiary/aromatic N) is 1. The van der Waals surface area contributed by atoms with E-state index >= 15 is 0 Å². The van der Waals surface area contributed by atoms with Gasteiger partial charge in [-0.1, -0.05) is 12.1 Å². The lowest BCUT2D eigenvalue weighted by Gasteiger charge is -2.35. The van der Waals surface area contributed by atoms with E-state index in [1.165, 1.54) is 0 Å². The Balaban J connectivity index is 1.98. The smallest absolute Gasteiger partial charge is 0.0898 e. The molecule has 0 amide bonds. The molecule has 1 aliphatic carbocycles. The second-order valence-electron chi connectivity index (χ2n) is 5.28. The molecule has 1 fully saturated rings. The zero-order valence-corrected chi connectivity index (χ0v) is 10.3. The molecule has 1 aromatic carbocycles. The van der Waals surface area contributed by atoms with Gasteiger partial charge in [0.25, 0.3) is 0 Å². The van der Waals surface area contributed by atoms with Crippen LogP contribution in [0.3, 0.4) is 0 Å². The van der Waals surface area contributed by atoms with Crippen molar-refractivity contribution in [2.24, 2.45) is 5.73 Å². The Morgan fingerprint density at radius 3 is 2.78 bits per heavy atom. The van der Waals surface area contributed by atoms with Crippen molar-refractivity contribution in [1.29, 1.82) is 0 Å². The van der Waals surface area contributed by atoms with Gasteiger partial charge >= 0.3 is 0 Å². The topological polar surface area (TPSA) is 59.1 Å². The molecule has 0 atom stereocenters. The Kier molecular flexibility index (Phi) is 2.80. The summed E-state index contributed by atoms with van der Waals surface area (Å²) in [7, 11) is 0. The number of benzene rings is 1. The first-order valence-electron chi connectivity index (χ1n) is 6.51. The zero-order valence-electron chi connectivity index (χ0n) is 10.3. The van der Waals surface area contributed by atoms with E-state index < -0.39 is 5.60 Å². The number of hydrogen-bond acceptors (Lipinski definition) is 3. The molecule has 1 heterocycles. The van der Waals surface area contributed by atoms with Gasteiger partial charge in [-0.2, -0.15) is 0 Å². The molecule has 1 aromatic heterocycles. The first-order chi connectivity index (χ1) is 8.67. The third kappa shape index (κ3) is 2.00. The highest BCUT2D eigenvalue weighted by Gasteiger charge is 2.33. The van der Waals surface area contributed by atoms with Crippen LogP contribution in [0.15, 0.2) is 36.5 Å². The van der Waals surface area contributed by atoms with E-state index in [4.69, 9.17) is 5.73 Å². The summed E-state index contributed by atoms with van der Waals surface area (Å²) in [5.41, 5.74) is 7.16. The fourth-order valence-corrected chi connectivity index (χ4v) is 2.77. The molecule has 1 aliphatic rings. The Labute approximate surface area is 107 Å². The molecule has 0 saturated heterocycles. The van der Waals surface area contributed by atoms with Gasteiger partial charge in [0, 0.05) is 17.6 Å². The predicted molar refractivity (Wildman–Crippen MR) is 72.1 cm³/mol. The number of hydrogen-bond donors (Lipinski definition) is 2. The lowest BCUT2D eigenvalue weighted by molar-refractivity contribution is -0.00484. The van der Waals surface area contributed by atoms with Gasteiger partial charge in [-0.15, -0.1) is 0 Å². The van der Waals surface area contributed by atoms with E-state index in [1.807, 2.05) is 24.3 Å². The number of aromatic nitrogens is 1. The molecule has 2 aromatic rings. The molecule has 94 valence electrons. The van der Waals surface area contributed by atoms with Crippen LogP contribution in [0.4, 0.5) is 0 Å². The summed E-state index contributed by atoms with van der Waals surface area (Å²) < 4.78 is 0. The molecular weight excluding hydrogens is 224 g/mol. The minimum Gasteiger partial charge on any atom is -0.385 e. The quantitative estimate of drug-likeness (QED) is 0.806. The summed E-state index contributed by atoms with van der Waals surface area (Å²) in [6, 6.07) is 10.2. The van der Waals surface area contributed by atoms with Gasteiger partial charge in [0.15, 0.2) is 0 Å². The van der Waals surface area contributed by atoms with Crippen molar-refractivity contribution in [2.45, 2.75) is 37.3 Å². The van der Waals surface area contributed by atoms with Gasteiger partial charge in [0.2, 0.25) is 0 Å². The second kappa shape index (κ2) is 4.34. The summed E-state index contributed by atoms with van der Waals surface area (Å²) in [5.74, 6) is 0. The standard InChI is InChI=1S/C15H18N2O/c16-13-5-7-15(18,8-6-13)12-3-4-14-11(10-12)2-1-9-17-14/h1-4,9-10,13,18H,5-8,16H2. The lowest BCUT2D eigenvalue weighted by atomic mass is 9.78. The average molecular weight is 242 g/mol. The highest BCUT2D eigenvalue weighted by atomic mass is 16.3. The maximum atomic E-state index is 10.7. The van der Waals surface area contributed by atoms with Gasteiger partial charge in [0.1, 0.15) is 0 Å². The molecule has 3 heteroatoms. The minimum absolute atomic E-state index is 0.243. The van der Waals surface area contributed by atoms with Crippen LogP contribution in [0.25, 0.3) is 10.9 Å². The van der Waals surface area contributed by atoms with Crippen molar-refractivity contribution < 1.29 is 5.11 Å². The maximum Gasteiger partial charge on any atom is 0.0898 e. The number of aliphatic hydroxyl groups is 1. The third-order valence-electron chi connectivity index (χ3n) is 4.00. The molecule has 0 spiro atoms. The van der Waals surface area contributed by atoms with E-state index in [0.29, 0.717) is 0 Å². The summed E-state index contributed by atoms with van der Waals surface area (Å²) in [5, 5.41) is 11.8. The monoisotopic (exact) mass is 242 g/mol. The summed E-state index contributed by atoms with van der Waals surface area (Å²) in [6.45, 7) is 0. The van der Waals surface area contributed by atoms with Gasteiger partial charge < -0.3 is 10.8 Å². The molecule has 3 N–H and O–H groups in total. The van der Waals surface area contributed by atoms with E-state index in [0.717, 1.165) is 42.1 Å².